The third-order valence-electron chi connectivity index (χ3n) is 7.74. The number of hydrogen-bond donors (Lipinski definition) is 5. The van der Waals surface area contributed by atoms with Crippen molar-refractivity contribution in [2.45, 2.75) is 62.4 Å². The molecule has 1 heterocycles. The molecule has 0 amide bonds. The van der Waals surface area contributed by atoms with Gasteiger partial charge in [-0.2, -0.15) is 0 Å². The first-order chi connectivity index (χ1) is 18.4. The number of ether oxygens (including phenoxy) is 4. The van der Waals surface area contributed by atoms with Gasteiger partial charge in [-0.3, -0.25) is 14.4 Å². The van der Waals surface area contributed by atoms with Crippen molar-refractivity contribution in [2.24, 2.45) is 0 Å². The largest absolute Gasteiger partial charge is 0.507 e. The molecule has 2 aromatic rings. The molecular formula is C27H28O12. The fourth-order valence-electron chi connectivity index (χ4n) is 5.65. The minimum atomic E-state index is -2.23. The number of hydrogen-bond acceptors (Lipinski definition) is 12. The molecule has 1 aliphatic heterocycles. The summed E-state index contributed by atoms with van der Waals surface area (Å²) in [4.78, 5) is 40.3. The third kappa shape index (κ3) is 3.83. The van der Waals surface area contributed by atoms with Gasteiger partial charge in [-0.25, -0.2) is 0 Å². The Morgan fingerprint density at radius 2 is 1.62 bits per heavy atom. The second kappa shape index (κ2) is 9.45. The highest BCUT2D eigenvalue weighted by Gasteiger charge is 2.56. The molecule has 0 spiro atoms. The maximum absolute atomic E-state index is 13.5. The second-order valence-corrected chi connectivity index (χ2v) is 10.0. The Bertz CT molecular complexity index is 1380. The first kappa shape index (κ1) is 27.3. The lowest BCUT2D eigenvalue weighted by Gasteiger charge is -2.46. The molecule has 2 aliphatic carbocycles. The fourth-order valence-corrected chi connectivity index (χ4v) is 5.65. The van der Waals surface area contributed by atoms with Crippen LogP contribution in [0.1, 0.15) is 67.7 Å². The number of benzene rings is 2. The monoisotopic (exact) mass is 544 g/mol. The molecule has 5 rings (SSSR count). The highest BCUT2D eigenvalue weighted by atomic mass is 16.7. The number of rotatable bonds is 4. The van der Waals surface area contributed by atoms with Crippen molar-refractivity contribution >= 4 is 17.3 Å². The van der Waals surface area contributed by atoms with Gasteiger partial charge in [-0.1, -0.05) is 12.1 Å². The van der Waals surface area contributed by atoms with E-state index in [4.69, 9.17) is 18.9 Å². The van der Waals surface area contributed by atoms with Crippen LogP contribution < -0.4 is 0 Å². The molecule has 208 valence electrons. The molecule has 12 nitrogen and oxygen atoms in total. The van der Waals surface area contributed by atoms with Crippen molar-refractivity contribution in [3.63, 3.8) is 0 Å². The summed E-state index contributed by atoms with van der Waals surface area (Å²) in [6, 6.07) is 5.05. The van der Waals surface area contributed by atoms with Gasteiger partial charge in [0.15, 0.2) is 23.5 Å². The van der Waals surface area contributed by atoms with Crippen LogP contribution in [0.15, 0.2) is 24.3 Å². The van der Waals surface area contributed by atoms with E-state index in [1.165, 1.54) is 46.3 Å². The van der Waals surface area contributed by atoms with Crippen molar-refractivity contribution < 1.29 is 58.9 Å². The molecule has 1 saturated heterocycles. The van der Waals surface area contributed by atoms with Gasteiger partial charge >= 0.3 is 0 Å². The van der Waals surface area contributed by atoms with Gasteiger partial charge in [0.25, 0.3) is 0 Å². The zero-order valence-corrected chi connectivity index (χ0v) is 21.4. The van der Waals surface area contributed by atoms with Gasteiger partial charge < -0.3 is 44.5 Å². The first-order valence-electron chi connectivity index (χ1n) is 12.2. The van der Waals surface area contributed by atoms with E-state index in [-0.39, 0.29) is 27.8 Å². The SMILES string of the molecule is CO[C@@H]1[C@@H](O[C@@H]2c3c(cc4c(c3O)C(=O)c3c(O)cccc3C4=O)C(=O)[C@@](C)(O)[C@H]2OC)O[C@H](C)[C@H](O)[C@H]1O. The molecule has 0 radical (unpaired) electrons. The van der Waals surface area contributed by atoms with E-state index in [0.717, 1.165) is 6.07 Å². The van der Waals surface area contributed by atoms with E-state index in [9.17, 15) is 39.9 Å². The number of Topliss-reactive ketones (excluding diaryl/α,β-unsaturated/α-hetero) is 1. The Kier molecular flexibility index (Phi) is 6.63. The number of ketones is 3. The van der Waals surface area contributed by atoms with Gasteiger partial charge in [0.1, 0.15) is 42.0 Å². The number of carbonyl (C=O) groups excluding carboxylic acids is 3. The normalized spacial score (nSPS) is 33.9. The summed E-state index contributed by atoms with van der Waals surface area (Å²) in [6.45, 7) is 2.66. The summed E-state index contributed by atoms with van der Waals surface area (Å²) in [6.07, 6.45) is -9.24. The van der Waals surface area contributed by atoms with Crippen molar-refractivity contribution in [3.8, 4) is 11.5 Å². The number of aliphatic hydroxyl groups excluding tert-OH is 2. The molecule has 8 atom stereocenters. The van der Waals surface area contributed by atoms with Crippen LogP contribution in [0.5, 0.6) is 11.5 Å². The highest BCUT2D eigenvalue weighted by Crippen LogP contribution is 2.49. The fraction of sp³-hybridized carbons (Fsp3) is 0.444. The van der Waals surface area contributed by atoms with Gasteiger partial charge in [0.05, 0.1) is 17.2 Å². The molecule has 1 fully saturated rings. The smallest absolute Gasteiger partial charge is 0.201 e. The molecule has 12 heteroatoms. The van der Waals surface area contributed by atoms with Crippen LogP contribution in [-0.4, -0.2) is 99.5 Å². The van der Waals surface area contributed by atoms with Gasteiger partial charge in [0, 0.05) is 36.5 Å². The number of methoxy groups -OCH3 is 2. The maximum Gasteiger partial charge on any atom is 0.201 e. The predicted molar refractivity (Wildman–Crippen MR) is 130 cm³/mol. The Labute approximate surface area is 222 Å². The van der Waals surface area contributed by atoms with Crippen LogP contribution >= 0.6 is 0 Å². The van der Waals surface area contributed by atoms with E-state index in [1.54, 1.807) is 0 Å². The van der Waals surface area contributed by atoms with E-state index in [0.29, 0.717) is 0 Å². The van der Waals surface area contributed by atoms with Crippen LogP contribution in [0.4, 0.5) is 0 Å². The zero-order valence-electron chi connectivity index (χ0n) is 21.4. The average molecular weight is 545 g/mol. The molecule has 0 unspecified atom stereocenters. The number of carbonyl (C=O) groups is 3. The van der Waals surface area contributed by atoms with Gasteiger partial charge in [0.2, 0.25) is 5.78 Å². The average Bonchev–Trinajstić information content (AvgIpc) is 2.88. The van der Waals surface area contributed by atoms with E-state index < -0.39 is 82.9 Å². The minimum absolute atomic E-state index is 0.107. The minimum Gasteiger partial charge on any atom is -0.507 e. The van der Waals surface area contributed by atoms with Crippen LogP contribution in [0.3, 0.4) is 0 Å². The van der Waals surface area contributed by atoms with Crippen LogP contribution in [0, 0.1) is 0 Å². The number of aliphatic hydroxyl groups is 3. The topological polar surface area (TPSA) is 189 Å². The summed E-state index contributed by atoms with van der Waals surface area (Å²) in [7, 11) is 2.45. The van der Waals surface area contributed by atoms with Gasteiger partial charge in [-0.05, 0) is 26.0 Å². The Hall–Kier alpha value is -3.23. The predicted octanol–water partition coefficient (Wildman–Crippen LogP) is 0.375. The van der Waals surface area contributed by atoms with E-state index >= 15 is 0 Å². The Balaban J connectivity index is 1.71. The Morgan fingerprint density at radius 1 is 0.923 bits per heavy atom. The summed E-state index contributed by atoms with van der Waals surface area (Å²) in [5.74, 6) is -3.71. The number of phenolic OH excluding ortho intramolecular Hbond substituents is 2. The number of fused-ring (bicyclic) bond motifs is 3. The first-order valence-corrected chi connectivity index (χ1v) is 12.2. The van der Waals surface area contributed by atoms with Crippen molar-refractivity contribution in [1.29, 1.82) is 0 Å². The summed E-state index contributed by atoms with van der Waals surface area (Å²) >= 11 is 0. The highest BCUT2D eigenvalue weighted by molar-refractivity contribution is 6.31. The molecule has 0 aromatic heterocycles. The summed E-state index contributed by atoms with van der Waals surface area (Å²) < 4.78 is 22.6. The van der Waals surface area contributed by atoms with Gasteiger partial charge in [-0.15, -0.1) is 0 Å². The molecule has 3 aliphatic rings. The molecule has 0 saturated carbocycles. The second-order valence-electron chi connectivity index (χ2n) is 10.0. The van der Waals surface area contributed by atoms with Crippen LogP contribution in [-0.2, 0) is 18.9 Å². The van der Waals surface area contributed by atoms with Crippen LogP contribution in [0.25, 0.3) is 0 Å². The lowest BCUT2D eigenvalue weighted by Crippen LogP contribution is -2.60. The maximum atomic E-state index is 13.5. The molecule has 39 heavy (non-hydrogen) atoms. The lowest BCUT2D eigenvalue weighted by molar-refractivity contribution is -0.321. The third-order valence-corrected chi connectivity index (χ3v) is 7.74. The quantitative estimate of drug-likeness (QED) is 0.304. The summed E-state index contributed by atoms with van der Waals surface area (Å²) in [5, 5.41) is 53.8. The standard InChI is InChI=1S/C27H28O12/c1-9-17(29)21(33)23(36-3)26(38-9)39-22-16-12(24(34)27(2,35)25(22)37-4)8-11-15(20(16)32)19(31)14-10(18(11)30)6-5-7-13(14)28/h5-9,17,21-23,25-26,28-29,32-33,35H,1-4H3/t9-,17+,21-,22-,23+,25+,26-,27-/m1/s1. The zero-order chi connectivity index (χ0) is 28.5. The number of phenols is 2. The number of aromatic hydroxyl groups is 2. The van der Waals surface area contributed by atoms with Crippen molar-refractivity contribution in [3.05, 3.63) is 57.6 Å². The molecule has 0 bridgehead atoms. The molecular weight excluding hydrogens is 516 g/mol. The molecule has 2 aromatic carbocycles. The lowest BCUT2D eigenvalue weighted by atomic mass is 9.72. The molecule has 5 N–H and O–H groups in total. The van der Waals surface area contributed by atoms with Crippen molar-refractivity contribution in [1.82, 2.24) is 0 Å². The summed E-state index contributed by atoms with van der Waals surface area (Å²) in [5.41, 5.74) is -3.94. The van der Waals surface area contributed by atoms with Crippen molar-refractivity contribution in [2.75, 3.05) is 14.2 Å². The van der Waals surface area contributed by atoms with E-state index in [1.807, 2.05) is 0 Å². The van der Waals surface area contributed by atoms with E-state index in [2.05, 4.69) is 0 Å². The van der Waals surface area contributed by atoms with Crippen LogP contribution in [0.2, 0.25) is 0 Å². The Morgan fingerprint density at radius 3 is 2.26 bits per heavy atom.